The Hall–Kier alpha value is 1.15. The van der Waals surface area contributed by atoms with Crippen LogP contribution in [0.25, 0.3) is 0 Å². The molecule has 0 aromatic heterocycles. The summed E-state index contributed by atoms with van der Waals surface area (Å²) in [6, 6.07) is 0. The second-order valence-electron chi connectivity index (χ2n) is 1.92. The van der Waals surface area contributed by atoms with E-state index in [0.717, 1.165) is 0 Å². The fraction of sp³-hybridized carbons (Fsp3) is 0. The smallest absolute Gasteiger partial charge is 2.00 e. The second-order valence-corrected chi connectivity index (χ2v) is 12.9. The Balaban J connectivity index is -0.000000180. The molecule has 0 aliphatic carbocycles. The SMILES string of the molecule is [F][Sb-]([F])([F])([F])([F])[F].[F][Sb-]([F])([F])([F])([F])[F].[S+2]. The van der Waals surface area contributed by atoms with Gasteiger partial charge in [0.1, 0.15) is 0 Å². The van der Waals surface area contributed by atoms with Gasteiger partial charge in [-0.3, -0.25) is 0 Å². The molecule has 15 heteroatoms. The molecule has 15 heavy (non-hydrogen) atoms. The maximum absolute atomic E-state index is 11.2. The monoisotopic (exact) mass is 502 g/mol. The Morgan fingerprint density at radius 2 is 0.333 bits per heavy atom. The van der Waals surface area contributed by atoms with Crippen molar-refractivity contribution in [2.24, 2.45) is 0 Å². The molecule has 0 atom stereocenters. The van der Waals surface area contributed by atoms with Crippen molar-refractivity contribution >= 4 is 52.4 Å². The van der Waals surface area contributed by atoms with Crippen LogP contribution >= 0.6 is 0 Å². The van der Waals surface area contributed by atoms with Crippen molar-refractivity contribution in [3.8, 4) is 0 Å². The third-order valence-corrected chi connectivity index (χ3v) is 0. The summed E-state index contributed by atoms with van der Waals surface area (Å²) in [5, 5.41) is 0. The third kappa shape index (κ3) is 1990. The van der Waals surface area contributed by atoms with Gasteiger partial charge >= 0.3 is 86.2 Å². The number of hydrogen-bond acceptors (Lipinski definition) is 0. The van der Waals surface area contributed by atoms with Crippen molar-refractivity contribution in [1.82, 2.24) is 0 Å². The molecule has 0 N–H and O–H groups in total. The number of hydrogen-bond donors (Lipinski definition) is 0. The maximum atomic E-state index is 9.93. The van der Waals surface area contributed by atoms with E-state index in [1.54, 1.807) is 0 Å². The molecule has 0 fully saturated rings. The van der Waals surface area contributed by atoms with Gasteiger partial charge in [-0.2, -0.15) is 0 Å². The van der Waals surface area contributed by atoms with E-state index >= 15 is 0 Å². The van der Waals surface area contributed by atoms with E-state index in [1.807, 2.05) is 0 Å². The summed E-state index contributed by atoms with van der Waals surface area (Å²) in [4.78, 5) is 0. The van der Waals surface area contributed by atoms with E-state index in [2.05, 4.69) is 0 Å². The largest absolute Gasteiger partial charge is 2.00 e. The van der Waals surface area contributed by atoms with Gasteiger partial charge in [-0.25, -0.2) is 0 Å². The van der Waals surface area contributed by atoms with Crippen molar-refractivity contribution in [3.05, 3.63) is 0 Å². The van der Waals surface area contributed by atoms with E-state index in [0.29, 0.717) is 0 Å². The van der Waals surface area contributed by atoms with Gasteiger partial charge < -0.3 is 0 Å². The van der Waals surface area contributed by atoms with Crippen LogP contribution in [0.2, 0.25) is 0 Å². The van der Waals surface area contributed by atoms with Crippen LogP contribution in [0, 0.1) is 0 Å². The molecule has 0 bridgehead atoms. The van der Waals surface area contributed by atoms with Crippen molar-refractivity contribution < 1.29 is 33.8 Å². The van der Waals surface area contributed by atoms with Gasteiger partial charge in [0, 0.05) is 0 Å². The Morgan fingerprint density at radius 1 is 0.333 bits per heavy atom. The van der Waals surface area contributed by atoms with Crippen LogP contribution in [0.3, 0.4) is 0 Å². The molecule has 0 saturated carbocycles. The van der Waals surface area contributed by atoms with Gasteiger partial charge in [0.05, 0.1) is 0 Å². The van der Waals surface area contributed by atoms with Crippen LogP contribution in [-0.4, -0.2) is 39.0 Å². The summed E-state index contributed by atoms with van der Waals surface area (Å²) >= 11 is -22.5. The average Bonchev–Trinajstić information content (AvgIpc) is 0.938. The summed E-state index contributed by atoms with van der Waals surface area (Å²) in [5.74, 6) is 0. The zero-order valence-corrected chi connectivity index (χ0v) is 11.8. The molecule has 0 spiro atoms. The van der Waals surface area contributed by atoms with Crippen molar-refractivity contribution in [1.29, 1.82) is 0 Å². The summed E-state index contributed by atoms with van der Waals surface area (Å²) in [6.45, 7) is 0. The average molecular weight is 504 g/mol. The molecule has 0 aromatic carbocycles. The summed E-state index contributed by atoms with van der Waals surface area (Å²) in [6.07, 6.45) is 0. The first kappa shape index (κ1) is 21.4. The molecule has 0 aliphatic heterocycles. The van der Waals surface area contributed by atoms with Crippen LogP contribution < -0.4 is 0 Å². The predicted octanol–water partition coefficient (Wildman–Crippen LogP) is 4.28. The zero-order valence-electron chi connectivity index (χ0n) is 5.84. The molecule has 0 unspecified atom stereocenters. The van der Waals surface area contributed by atoms with Gasteiger partial charge in [0.15, 0.2) is 0 Å². The van der Waals surface area contributed by atoms with E-state index in [-0.39, 0.29) is 13.5 Å². The Labute approximate surface area is 85.8 Å². The maximum Gasteiger partial charge on any atom is 2.00 e. The first-order valence-electron chi connectivity index (χ1n) is 2.03. The molecule has 0 amide bonds. The minimum Gasteiger partial charge on any atom is 2.00 e. The molecular weight excluding hydrogens is 504 g/mol. The molecule has 0 saturated heterocycles. The second kappa shape index (κ2) is 3.12. The van der Waals surface area contributed by atoms with E-state index in [9.17, 15) is 33.8 Å². The van der Waals surface area contributed by atoms with Crippen LogP contribution in [0.5, 0.6) is 0 Å². The Bertz CT molecular complexity index is 161. The molecular formula is F12SSb2. The van der Waals surface area contributed by atoms with Gasteiger partial charge in [-0.05, 0) is 0 Å². The zero-order chi connectivity index (χ0) is 12.8. The van der Waals surface area contributed by atoms with E-state index in [1.165, 1.54) is 0 Å². The summed E-state index contributed by atoms with van der Waals surface area (Å²) < 4.78 is 119. The fourth-order valence-electron chi connectivity index (χ4n) is 0. The standard InChI is InChI=1S/12FH.S.2Sb/h12*1H;;;/q;;;;;;;;;;;;+2;2*+5/p-12. The minimum atomic E-state index is -11.2. The van der Waals surface area contributed by atoms with Gasteiger partial charge in [0.25, 0.3) is 0 Å². The van der Waals surface area contributed by atoms with Crippen molar-refractivity contribution in [3.63, 3.8) is 0 Å². The van der Waals surface area contributed by atoms with Crippen LogP contribution in [0.4, 0.5) is 33.8 Å². The van der Waals surface area contributed by atoms with Crippen molar-refractivity contribution in [2.75, 3.05) is 0 Å². The predicted molar refractivity (Wildman–Crippen MR) is 32.2 cm³/mol. The third-order valence-electron chi connectivity index (χ3n) is 0. The molecule has 0 rings (SSSR count). The quantitative estimate of drug-likeness (QED) is 0.342. The van der Waals surface area contributed by atoms with Gasteiger partial charge in [-0.15, -0.1) is 0 Å². The minimum absolute atomic E-state index is 0. The van der Waals surface area contributed by atoms with Gasteiger partial charge in [-0.1, -0.05) is 0 Å². The Kier molecular flexibility index (Phi) is 4.46. The van der Waals surface area contributed by atoms with E-state index < -0.39 is 39.0 Å². The fourth-order valence-corrected chi connectivity index (χ4v) is 0. The molecule has 0 nitrogen and oxygen atoms in total. The Morgan fingerprint density at radius 3 is 0.333 bits per heavy atom. The first-order valence-corrected chi connectivity index (χ1v) is 13.6. The molecule has 0 heterocycles. The number of rotatable bonds is 0. The van der Waals surface area contributed by atoms with Crippen LogP contribution in [-0.2, 0) is 13.5 Å². The van der Waals surface area contributed by atoms with Crippen LogP contribution in [0.15, 0.2) is 0 Å². The van der Waals surface area contributed by atoms with Crippen molar-refractivity contribution in [2.45, 2.75) is 0 Å². The van der Waals surface area contributed by atoms with Crippen LogP contribution in [0.1, 0.15) is 0 Å². The van der Waals surface area contributed by atoms with Gasteiger partial charge in [0.2, 0.25) is 0 Å². The summed E-state index contributed by atoms with van der Waals surface area (Å²) in [5.41, 5.74) is 0. The first-order chi connectivity index (χ1) is 4.90. The molecule has 0 aliphatic rings. The van der Waals surface area contributed by atoms with E-state index in [4.69, 9.17) is 0 Å². The summed E-state index contributed by atoms with van der Waals surface area (Å²) in [7, 11) is 0. The molecule has 4 radical (unpaired) electrons. The topological polar surface area (TPSA) is 0 Å². The molecule has 100 valence electrons. The molecule has 0 aromatic rings. The normalized spacial score (nSPS) is 21.6. The number of halogens is 12.